The number of halogens is 1. The van der Waals surface area contributed by atoms with Gasteiger partial charge in [0.1, 0.15) is 0 Å². The van der Waals surface area contributed by atoms with Crippen LogP contribution in [0.4, 0.5) is 0 Å². The molecule has 74 valence electrons. The zero-order valence-electron chi connectivity index (χ0n) is 7.59. The Morgan fingerprint density at radius 3 is 2.87 bits per heavy atom. The molecule has 3 rings (SSSR count). The van der Waals surface area contributed by atoms with Gasteiger partial charge in [-0.2, -0.15) is 0 Å². The largest absolute Gasteiger partial charge is 0.446 e. The third-order valence-electron chi connectivity index (χ3n) is 2.03. The molecule has 0 bridgehead atoms. The van der Waals surface area contributed by atoms with E-state index in [4.69, 9.17) is 4.42 Å². The van der Waals surface area contributed by atoms with E-state index in [1.54, 1.807) is 4.52 Å². The fourth-order valence-corrected chi connectivity index (χ4v) is 1.68. The van der Waals surface area contributed by atoms with E-state index < -0.39 is 0 Å². The standard InChI is InChI=1S/C10H6BrN3O/c11-8-5-4-7(15-8)10-12-9-3-1-2-6-14(9)13-10/h1-6H. The average molecular weight is 264 g/mol. The fraction of sp³-hybridized carbons (Fsp3) is 0. The van der Waals surface area contributed by atoms with Crippen LogP contribution in [0.2, 0.25) is 0 Å². The van der Waals surface area contributed by atoms with Gasteiger partial charge in [0.2, 0.25) is 5.82 Å². The molecule has 0 N–H and O–H groups in total. The molecule has 0 unspecified atom stereocenters. The minimum absolute atomic E-state index is 0.590. The van der Waals surface area contributed by atoms with Crippen LogP contribution in [0.25, 0.3) is 17.2 Å². The molecule has 15 heavy (non-hydrogen) atoms. The van der Waals surface area contributed by atoms with Gasteiger partial charge in [0.05, 0.1) is 0 Å². The lowest BCUT2D eigenvalue weighted by Crippen LogP contribution is -1.83. The Hall–Kier alpha value is -1.62. The van der Waals surface area contributed by atoms with Crippen LogP contribution in [0.1, 0.15) is 0 Å². The van der Waals surface area contributed by atoms with Crippen molar-refractivity contribution in [2.75, 3.05) is 0 Å². The lowest BCUT2D eigenvalue weighted by atomic mass is 10.4. The second kappa shape index (κ2) is 3.20. The lowest BCUT2D eigenvalue weighted by Gasteiger charge is -1.85. The van der Waals surface area contributed by atoms with E-state index >= 15 is 0 Å². The van der Waals surface area contributed by atoms with Crippen molar-refractivity contribution in [3.05, 3.63) is 41.2 Å². The smallest absolute Gasteiger partial charge is 0.217 e. The van der Waals surface area contributed by atoms with E-state index in [9.17, 15) is 0 Å². The molecule has 3 heterocycles. The highest BCUT2D eigenvalue weighted by atomic mass is 79.9. The molecule has 0 aliphatic rings. The van der Waals surface area contributed by atoms with Crippen molar-refractivity contribution < 1.29 is 4.42 Å². The maximum Gasteiger partial charge on any atom is 0.217 e. The topological polar surface area (TPSA) is 43.3 Å². The first-order valence-electron chi connectivity index (χ1n) is 4.40. The Bertz CT molecular complexity index is 581. The van der Waals surface area contributed by atoms with Crippen LogP contribution in [0.15, 0.2) is 45.6 Å². The SMILES string of the molecule is Brc1ccc(-c2nc3ccccn3n2)o1. The molecular formula is C10H6BrN3O. The van der Waals surface area contributed by atoms with Gasteiger partial charge in [0.15, 0.2) is 16.1 Å². The predicted octanol–water partition coefficient (Wildman–Crippen LogP) is 2.75. The van der Waals surface area contributed by atoms with Crippen LogP contribution in [0.5, 0.6) is 0 Å². The molecule has 0 radical (unpaired) electrons. The van der Waals surface area contributed by atoms with E-state index in [-0.39, 0.29) is 0 Å². The van der Waals surface area contributed by atoms with Crippen LogP contribution < -0.4 is 0 Å². The Morgan fingerprint density at radius 2 is 2.13 bits per heavy atom. The molecule has 0 amide bonds. The molecular weight excluding hydrogens is 258 g/mol. The van der Waals surface area contributed by atoms with Crippen molar-refractivity contribution in [3.8, 4) is 11.6 Å². The first-order chi connectivity index (χ1) is 7.33. The average Bonchev–Trinajstić information content (AvgIpc) is 2.82. The van der Waals surface area contributed by atoms with Crippen molar-refractivity contribution in [3.63, 3.8) is 0 Å². The molecule has 3 aromatic heterocycles. The normalized spacial score (nSPS) is 11.0. The summed E-state index contributed by atoms with van der Waals surface area (Å²) in [5.74, 6) is 1.25. The monoisotopic (exact) mass is 263 g/mol. The lowest BCUT2D eigenvalue weighted by molar-refractivity contribution is 0.551. The minimum atomic E-state index is 0.590. The van der Waals surface area contributed by atoms with Crippen molar-refractivity contribution in [1.82, 2.24) is 14.6 Å². The number of furan rings is 1. The van der Waals surface area contributed by atoms with Gasteiger partial charge in [-0.15, -0.1) is 5.10 Å². The maximum atomic E-state index is 5.38. The van der Waals surface area contributed by atoms with E-state index in [2.05, 4.69) is 26.0 Å². The van der Waals surface area contributed by atoms with Crippen LogP contribution in [-0.2, 0) is 0 Å². The number of aromatic nitrogens is 3. The van der Waals surface area contributed by atoms with Gasteiger partial charge in [-0.05, 0) is 40.2 Å². The number of nitrogens with zero attached hydrogens (tertiary/aromatic N) is 3. The number of pyridine rings is 1. The Kier molecular flexibility index (Phi) is 1.85. The second-order valence-electron chi connectivity index (χ2n) is 3.04. The van der Waals surface area contributed by atoms with Crippen molar-refractivity contribution in [2.45, 2.75) is 0 Å². The molecule has 0 fully saturated rings. The van der Waals surface area contributed by atoms with Gasteiger partial charge < -0.3 is 4.42 Å². The summed E-state index contributed by atoms with van der Waals surface area (Å²) in [4.78, 5) is 4.33. The molecule has 0 saturated carbocycles. The Morgan fingerprint density at radius 1 is 1.20 bits per heavy atom. The van der Waals surface area contributed by atoms with E-state index in [0.717, 1.165) is 5.65 Å². The van der Waals surface area contributed by atoms with Crippen molar-refractivity contribution in [2.24, 2.45) is 0 Å². The van der Waals surface area contributed by atoms with Gasteiger partial charge in [-0.3, -0.25) is 0 Å². The Balaban J connectivity index is 2.19. The number of rotatable bonds is 1. The summed E-state index contributed by atoms with van der Waals surface area (Å²) in [7, 11) is 0. The van der Waals surface area contributed by atoms with Crippen LogP contribution in [0, 0.1) is 0 Å². The van der Waals surface area contributed by atoms with Gasteiger partial charge in [0.25, 0.3) is 0 Å². The van der Waals surface area contributed by atoms with E-state index in [1.807, 2.05) is 36.5 Å². The summed E-state index contributed by atoms with van der Waals surface area (Å²) in [6.07, 6.45) is 1.85. The van der Waals surface area contributed by atoms with Gasteiger partial charge in [-0.25, -0.2) is 9.50 Å². The Labute approximate surface area is 93.7 Å². The summed E-state index contributed by atoms with van der Waals surface area (Å²) < 4.78 is 7.77. The molecule has 5 heteroatoms. The third kappa shape index (κ3) is 1.45. The molecule has 0 aliphatic carbocycles. The van der Waals surface area contributed by atoms with Crippen LogP contribution >= 0.6 is 15.9 Å². The molecule has 0 atom stereocenters. The molecule has 4 nitrogen and oxygen atoms in total. The first kappa shape index (κ1) is 8.67. The number of fused-ring (bicyclic) bond motifs is 1. The van der Waals surface area contributed by atoms with E-state index in [1.165, 1.54) is 0 Å². The summed E-state index contributed by atoms with van der Waals surface area (Å²) in [5.41, 5.74) is 0.806. The number of hydrogen-bond donors (Lipinski definition) is 0. The summed E-state index contributed by atoms with van der Waals surface area (Å²) in [5, 5.41) is 4.29. The first-order valence-corrected chi connectivity index (χ1v) is 5.19. The molecule has 0 saturated heterocycles. The van der Waals surface area contributed by atoms with Gasteiger partial charge in [-0.1, -0.05) is 6.07 Å². The quantitative estimate of drug-likeness (QED) is 0.678. The van der Waals surface area contributed by atoms with Gasteiger partial charge in [0, 0.05) is 6.20 Å². The van der Waals surface area contributed by atoms with Gasteiger partial charge >= 0.3 is 0 Å². The van der Waals surface area contributed by atoms with E-state index in [0.29, 0.717) is 16.3 Å². The third-order valence-corrected chi connectivity index (χ3v) is 2.46. The van der Waals surface area contributed by atoms with Crippen LogP contribution in [0.3, 0.4) is 0 Å². The highest BCUT2D eigenvalue weighted by Crippen LogP contribution is 2.22. The fourth-order valence-electron chi connectivity index (χ4n) is 1.37. The summed E-state index contributed by atoms with van der Waals surface area (Å²) >= 11 is 3.24. The highest BCUT2D eigenvalue weighted by molar-refractivity contribution is 9.10. The van der Waals surface area contributed by atoms with Crippen LogP contribution in [-0.4, -0.2) is 14.6 Å². The molecule has 0 spiro atoms. The molecule has 3 aromatic rings. The molecule has 0 aromatic carbocycles. The van der Waals surface area contributed by atoms with Crippen molar-refractivity contribution in [1.29, 1.82) is 0 Å². The van der Waals surface area contributed by atoms with Crippen molar-refractivity contribution >= 4 is 21.6 Å². The second-order valence-corrected chi connectivity index (χ2v) is 3.82. The maximum absolute atomic E-state index is 5.38. The minimum Gasteiger partial charge on any atom is -0.446 e. The summed E-state index contributed by atoms with van der Waals surface area (Å²) in [6, 6.07) is 9.38. The molecule has 0 aliphatic heterocycles. The predicted molar refractivity (Wildman–Crippen MR) is 58.4 cm³/mol. The summed E-state index contributed by atoms with van der Waals surface area (Å²) in [6.45, 7) is 0. The highest BCUT2D eigenvalue weighted by Gasteiger charge is 2.09. The zero-order valence-corrected chi connectivity index (χ0v) is 9.18. The zero-order chi connectivity index (χ0) is 10.3. The number of hydrogen-bond acceptors (Lipinski definition) is 3.